The van der Waals surface area contributed by atoms with E-state index in [1.165, 1.54) is 25.7 Å². The van der Waals surface area contributed by atoms with E-state index in [0.29, 0.717) is 11.8 Å². The van der Waals surface area contributed by atoms with Crippen LogP contribution in [0.5, 0.6) is 5.75 Å². The first-order chi connectivity index (χ1) is 11.6. The molecule has 2 heterocycles. The standard InChI is InChI=1S/C20H27N3O/c1-4-18-7-5-6-10-23(18)13-17-11-16(8-9-19(17)24)20-15(3)21-12-14(2)22-20/h8-9,11-12,18,24H,4-7,10,13H2,1-3H3/t18-/m0/s1. The third-order valence-corrected chi connectivity index (χ3v) is 5.02. The molecule has 128 valence electrons. The number of aromatic hydroxyl groups is 1. The molecule has 0 saturated carbocycles. The van der Waals surface area contributed by atoms with Crippen LogP contribution in [-0.2, 0) is 6.54 Å². The van der Waals surface area contributed by atoms with Crippen LogP contribution in [-0.4, -0.2) is 32.6 Å². The van der Waals surface area contributed by atoms with E-state index < -0.39 is 0 Å². The molecule has 0 spiro atoms. The van der Waals surface area contributed by atoms with Crippen molar-refractivity contribution in [3.05, 3.63) is 41.3 Å². The van der Waals surface area contributed by atoms with Crippen molar-refractivity contribution in [3.63, 3.8) is 0 Å². The fraction of sp³-hybridized carbons (Fsp3) is 0.500. The summed E-state index contributed by atoms with van der Waals surface area (Å²) in [6.07, 6.45) is 6.79. The number of piperidine rings is 1. The van der Waals surface area contributed by atoms with E-state index in [4.69, 9.17) is 0 Å². The van der Waals surface area contributed by atoms with Crippen molar-refractivity contribution in [2.24, 2.45) is 0 Å². The summed E-state index contributed by atoms with van der Waals surface area (Å²) in [6, 6.07) is 6.43. The van der Waals surface area contributed by atoms with Crippen molar-refractivity contribution >= 4 is 0 Å². The molecule has 1 fully saturated rings. The Balaban J connectivity index is 1.90. The molecule has 1 N–H and O–H groups in total. The Morgan fingerprint density at radius 3 is 2.88 bits per heavy atom. The molecule has 0 amide bonds. The van der Waals surface area contributed by atoms with E-state index in [-0.39, 0.29) is 0 Å². The molecule has 3 rings (SSSR count). The van der Waals surface area contributed by atoms with Crippen molar-refractivity contribution < 1.29 is 5.11 Å². The van der Waals surface area contributed by atoms with Gasteiger partial charge in [-0.05, 0) is 57.9 Å². The predicted octanol–water partition coefficient (Wildman–Crippen LogP) is 4.23. The minimum atomic E-state index is 0.373. The molecule has 24 heavy (non-hydrogen) atoms. The lowest BCUT2D eigenvalue weighted by Gasteiger charge is -2.35. The van der Waals surface area contributed by atoms with Crippen molar-refractivity contribution in [2.45, 2.75) is 59.0 Å². The summed E-state index contributed by atoms with van der Waals surface area (Å²) in [4.78, 5) is 11.6. The summed E-state index contributed by atoms with van der Waals surface area (Å²) in [5, 5.41) is 10.3. The molecule has 1 saturated heterocycles. The highest BCUT2D eigenvalue weighted by Crippen LogP contribution is 2.29. The lowest BCUT2D eigenvalue weighted by molar-refractivity contribution is 0.135. The Morgan fingerprint density at radius 2 is 2.08 bits per heavy atom. The Kier molecular flexibility index (Phi) is 5.14. The van der Waals surface area contributed by atoms with Gasteiger partial charge in [0.05, 0.1) is 17.1 Å². The van der Waals surface area contributed by atoms with Gasteiger partial charge < -0.3 is 5.11 Å². The molecule has 0 bridgehead atoms. The summed E-state index contributed by atoms with van der Waals surface area (Å²) in [7, 11) is 0. The summed E-state index contributed by atoms with van der Waals surface area (Å²) < 4.78 is 0. The van der Waals surface area contributed by atoms with Crippen molar-refractivity contribution in [3.8, 4) is 17.0 Å². The first-order valence-corrected chi connectivity index (χ1v) is 8.95. The maximum absolute atomic E-state index is 10.3. The molecule has 1 aliphatic heterocycles. The molecule has 2 aromatic rings. The zero-order valence-electron chi connectivity index (χ0n) is 14.9. The largest absolute Gasteiger partial charge is 0.508 e. The SMILES string of the molecule is CC[C@H]1CCCCN1Cc1cc(-c2nc(C)cnc2C)ccc1O. The second-order valence-corrected chi connectivity index (χ2v) is 6.82. The van der Waals surface area contributed by atoms with Crippen LogP contribution in [0.3, 0.4) is 0 Å². The van der Waals surface area contributed by atoms with E-state index in [1.54, 1.807) is 12.3 Å². The van der Waals surface area contributed by atoms with E-state index in [9.17, 15) is 5.11 Å². The van der Waals surface area contributed by atoms with Gasteiger partial charge >= 0.3 is 0 Å². The predicted molar refractivity (Wildman–Crippen MR) is 96.9 cm³/mol. The van der Waals surface area contributed by atoms with Gasteiger partial charge in [0.15, 0.2) is 0 Å². The van der Waals surface area contributed by atoms with Crippen LogP contribution in [0, 0.1) is 13.8 Å². The Labute approximate surface area is 144 Å². The number of phenolic OH excluding ortho intramolecular Hbond substituents is 1. The van der Waals surface area contributed by atoms with Crippen LogP contribution in [0.2, 0.25) is 0 Å². The normalized spacial score (nSPS) is 18.7. The highest BCUT2D eigenvalue weighted by molar-refractivity contribution is 5.64. The van der Waals surface area contributed by atoms with E-state index >= 15 is 0 Å². The molecule has 4 nitrogen and oxygen atoms in total. The summed E-state index contributed by atoms with van der Waals surface area (Å²) in [6.45, 7) is 8.11. The molecule has 1 aromatic heterocycles. The average Bonchev–Trinajstić information content (AvgIpc) is 2.59. The molecule has 1 aromatic carbocycles. The summed E-state index contributed by atoms with van der Waals surface area (Å²) >= 11 is 0. The van der Waals surface area contributed by atoms with Gasteiger partial charge in [0.1, 0.15) is 5.75 Å². The van der Waals surface area contributed by atoms with E-state index in [0.717, 1.165) is 41.3 Å². The second kappa shape index (κ2) is 7.31. The number of benzene rings is 1. The third-order valence-electron chi connectivity index (χ3n) is 5.02. The third kappa shape index (κ3) is 3.59. The number of rotatable bonds is 4. The second-order valence-electron chi connectivity index (χ2n) is 6.82. The van der Waals surface area contributed by atoms with Crippen LogP contribution in [0.4, 0.5) is 0 Å². The Morgan fingerprint density at radius 1 is 1.25 bits per heavy atom. The van der Waals surface area contributed by atoms with Gasteiger partial charge in [-0.15, -0.1) is 0 Å². The van der Waals surface area contributed by atoms with Gasteiger partial charge in [-0.2, -0.15) is 0 Å². The molecule has 0 unspecified atom stereocenters. The average molecular weight is 325 g/mol. The van der Waals surface area contributed by atoms with Gasteiger partial charge in [-0.25, -0.2) is 4.98 Å². The Hall–Kier alpha value is -1.94. The quantitative estimate of drug-likeness (QED) is 0.914. The molecular formula is C20H27N3O. The van der Waals surface area contributed by atoms with Crippen LogP contribution >= 0.6 is 0 Å². The minimum Gasteiger partial charge on any atom is -0.508 e. The zero-order chi connectivity index (χ0) is 17.1. The zero-order valence-corrected chi connectivity index (χ0v) is 14.9. The number of likely N-dealkylation sites (tertiary alicyclic amines) is 1. The lowest BCUT2D eigenvalue weighted by atomic mass is 9.98. The number of hydrogen-bond donors (Lipinski definition) is 1. The van der Waals surface area contributed by atoms with Gasteiger partial charge in [-0.3, -0.25) is 9.88 Å². The molecule has 4 heteroatoms. The number of aromatic nitrogens is 2. The van der Waals surface area contributed by atoms with Crippen LogP contribution < -0.4 is 0 Å². The van der Waals surface area contributed by atoms with Crippen LogP contribution in [0.15, 0.2) is 24.4 Å². The molecular weight excluding hydrogens is 298 g/mol. The Bertz CT molecular complexity index is 714. The topological polar surface area (TPSA) is 49.2 Å². The van der Waals surface area contributed by atoms with Gasteiger partial charge in [0, 0.05) is 29.9 Å². The number of aryl methyl sites for hydroxylation is 2. The summed E-state index contributed by atoms with van der Waals surface area (Å²) in [5.74, 6) is 0.373. The smallest absolute Gasteiger partial charge is 0.120 e. The van der Waals surface area contributed by atoms with E-state index in [1.807, 2.05) is 19.9 Å². The first-order valence-electron chi connectivity index (χ1n) is 8.95. The van der Waals surface area contributed by atoms with Gasteiger partial charge in [0.2, 0.25) is 0 Å². The highest BCUT2D eigenvalue weighted by Gasteiger charge is 2.22. The fourth-order valence-electron chi connectivity index (χ4n) is 3.62. The lowest BCUT2D eigenvalue weighted by Crippen LogP contribution is -2.38. The van der Waals surface area contributed by atoms with Crippen molar-refractivity contribution in [1.29, 1.82) is 0 Å². The van der Waals surface area contributed by atoms with Gasteiger partial charge in [0.25, 0.3) is 0 Å². The molecule has 1 aliphatic rings. The molecule has 0 radical (unpaired) electrons. The highest BCUT2D eigenvalue weighted by atomic mass is 16.3. The maximum Gasteiger partial charge on any atom is 0.120 e. The van der Waals surface area contributed by atoms with Crippen LogP contribution in [0.25, 0.3) is 11.3 Å². The molecule has 0 aliphatic carbocycles. The number of phenols is 1. The van der Waals surface area contributed by atoms with Crippen molar-refractivity contribution in [2.75, 3.05) is 6.54 Å². The van der Waals surface area contributed by atoms with E-state index in [2.05, 4.69) is 27.9 Å². The first kappa shape index (κ1) is 16.9. The number of nitrogens with zero attached hydrogens (tertiary/aromatic N) is 3. The number of hydrogen-bond acceptors (Lipinski definition) is 4. The van der Waals surface area contributed by atoms with Crippen LogP contribution in [0.1, 0.15) is 49.6 Å². The minimum absolute atomic E-state index is 0.373. The molecule has 1 atom stereocenters. The monoisotopic (exact) mass is 325 g/mol. The fourth-order valence-corrected chi connectivity index (χ4v) is 3.62. The van der Waals surface area contributed by atoms with Gasteiger partial charge in [-0.1, -0.05) is 13.3 Å². The van der Waals surface area contributed by atoms with Crippen molar-refractivity contribution in [1.82, 2.24) is 14.9 Å². The maximum atomic E-state index is 10.3. The summed E-state index contributed by atoms with van der Waals surface area (Å²) in [5.41, 5.74) is 4.74.